The highest BCUT2D eigenvalue weighted by atomic mass is 127. The number of benzene rings is 4. The van der Waals surface area contributed by atoms with Crippen LogP contribution in [0.2, 0.25) is 0 Å². The van der Waals surface area contributed by atoms with Gasteiger partial charge in [-0.3, -0.25) is 14.2 Å². The summed E-state index contributed by atoms with van der Waals surface area (Å²) in [6, 6.07) is 28.1. The van der Waals surface area contributed by atoms with E-state index in [1.54, 1.807) is 4.57 Å². The predicted octanol–water partition coefficient (Wildman–Crippen LogP) is 7.82. The van der Waals surface area contributed by atoms with Crippen molar-refractivity contribution in [2.75, 3.05) is 11.9 Å². The number of allylic oxidation sites excluding steroid dienone is 1. The predicted molar refractivity (Wildman–Crippen MR) is 207 cm³/mol. The van der Waals surface area contributed by atoms with Gasteiger partial charge in [0.2, 0.25) is 0 Å². The Kier molecular flexibility index (Phi) is 10.6. The molecule has 0 saturated carbocycles. The summed E-state index contributed by atoms with van der Waals surface area (Å²) in [6.45, 7) is 4.65. The van der Waals surface area contributed by atoms with E-state index in [2.05, 4.69) is 66.4 Å². The van der Waals surface area contributed by atoms with Crippen molar-refractivity contribution in [3.8, 4) is 11.5 Å². The molecule has 5 aromatic rings. The van der Waals surface area contributed by atoms with Gasteiger partial charge in [-0.15, -0.1) is 0 Å². The summed E-state index contributed by atoms with van der Waals surface area (Å²) in [5.74, 6) is 1.09. The molecule has 4 aromatic carbocycles. The third kappa shape index (κ3) is 7.58. The number of carbonyl (C=O) groups excluding carboxylic acids is 1. The Labute approximate surface area is 311 Å². The van der Waals surface area contributed by atoms with E-state index in [0.717, 1.165) is 28.3 Å². The molecule has 1 aromatic heterocycles. The quantitative estimate of drug-likeness (QED) is 0.153. The summed E-state index contributed by atoms with van der Waals surface area (Å²) in [6.07, 6.45) is 1.86. The first-order valence-corrected chi connectivity index (χ1v) is 18.5. The zero-order chi connectivity index (χ0) is 33.1. The largest absolute Gasteiger partial charge is 0.494 e. The number of aromatic nitrogens is 1. The van der Waals surface area contributed by atoms with E-state index < -0.39 is 6.04 Å². The molecule has 0 fully saturated rings. The second-order valence-electron chi connectivity index (χ2n) is 10.6. The number of anilines is 1. The Morgan fingerprint density at radius 2 is 1.74 bits per heavy atom. The first-order chi connectivity index (χ1) is 22.7. The van der Waals surface area contributed by atoms with Gasteiger partial charge in [0.15, 0.2) is 4.80 Å². The summed E-state index contributed by atoms with van der Waals surface area (Å²) in [5.41, 5.74) is 3.96. The number of carbonyl (C=O) groups is 1. The molecule has 0 bridgehead atoms. The van der Waals surface area contributed by atoms with Gasteiger partial charge in [-0.25, -0.2) is 4.99 Å². The molecule has 0 unspecified atom stereocenters. The van der Waals surface area contributed by atoms with Crippen LogP contribution in [-0.4, -0.2) is 17.1 Å². The fourth-order valence-corrected chi connectivity index (χ4v) is 8.62. The number of nitrogens with zero attached hydrogens (tertiary/aromatic N) is 2. The molecule has 1 amide bonds. The average Bonchev–Trinajstić information content (AvgIpc) is 3.35. The summed E-state index contributed by atoms with van der Waals surface area (Å²) in [7, 11) is 0. The topological polar surface area (TPSA) is 81.9 Å². The normalized spacial score (nSPS) is 14.4. The maximum atomic E-state index is 14.4. The highest BCUT2D eigenvalue weighted by molar-refractivity contribution is 14.1. The van der Waals surface area contributed by atoms with Crippen LogP contribution in [0.3, 0.4) is 0 Å². The molecule has 2 heterocycles. The molecule has 238 valence electrons. The Morgan fingerprint density at radius 1 is 1.02 bits per heavy atom. The van der Waals surface area contributed by atoms with Gasteiger partial charge in [-0.2, -0.15) is 0 Å². The number of amides is 1. The van der Waals surface area contributed by atoms with Gasteiger partial charge in [-0.1, -0.05) is 69.7 Å². The van der Waals surface area contributed by atoms with Crippen molar-refractivity contribution >= 4 is 90.1 Å². The number of fused-ring (bicyclic) bond motifs is 1. The molecule has 1 N–H and O–H groups in total. The van der Waals surface area contributed by atoms with Crippen molar-refractivity contribution in [3.05, 3.63) is 150 Å². The van der Waals surface area contributed by atoms with Gasteiger partial charge >= 0.3 is 0 Å². The lowest BCUT2D eigenvalue weighted by Crippen LogP contribution is -2.40. The lowest BCUT2D eigenvalue weighted by molar-refractivity contribution is -0.113. The second-order valence-corrected chi connectivity index (χ2v) is 15.0. The molecule has 0 radical (unpaired) electrons. The Morgan fingerprint density at radius 3 is 2.45 bits per heavy atom. The zero-order valence-corrected chi connectivity index (χ0v) is 32.0. The van der Waals surface area contributed by atoms with Crippen molar-refractivity contribution in [2.24, 2.45) is 4.99 Å². The van der Waals surface area contributed by atoms with Crippen molar-refractivity contribution in [1.29, 1.82) is 0 Å². The fraction of sp³-hybridized carbons (Fsp3) is 0.139. The second kappa shape index (κ2) is 14.9. The molecule has 7 nitrogen and oxygen atoms in total. The minimum absolute atomic E-state index is 0.238. The number of nitrogens with one attached hydrogen (secondary N) is 1. The van der Waals surface area contributed by atoms with Crippen LogP contribution in [0.5, 0.6) is 11.5 Å². The van der Waals surface area contributed by atoms with Crippen molar-refractivity contribution in [1.82, 2.24) is 4.57 Å². The lowest BCUT2D eigenvalue weighted by atomic mass is 9.95. The molecule has 1 aliphatic heterocycles. The zero-order valence-electron chi connectivity index (χ0n) is 25.3. The van der Waals surface area contributed by atoms with E-state index in [-0.39, 0.29) is 11.5 Å². The summed E-state index contributed by atoms with van der Waals surface area (Å²) < 4.78 is 17.1. The molecule has 0 aliphatic carbocycles. The Hall–Kier alpha value is -3.27. The summed E-state index contributed by atoms with van der Waals surface area (Å²) >= 11 is 9.32. The SMILES string of the molecule is CCOc1ccc([C@H]2C(C(=O)Nc3ccccc3)=C(C)N=c3s/c(=C\c4cc(I)cc(I)c4OCc4ccc(Br)cc4)c(=O)n32)cc1. The maximum absolute atomic E-state index is 14.4. The van der Waals surface area contributed by atoms with E-state index in [4.69, 9.17) is 14.5 Å². The standard InChI is InChI=1S/C36H28BrI2N3O4S/c1-3-45-28-15-11-23(12-16-28)32-31(34(43)41-27-7-5-4-6-8-27)21(2)40-36-42(32)35(44)30(47-36)18-24-17-26(38)19-29(39)33(24)46-20-22-9-13-25(37)14-10-22/h4-19,32H,3,20H2,1-2H3,(H,41,43)/b30-18-/t32-/m0/s1. The number of rotatable bonds is 9. The molecular formula is C36H28BrI2N3O4S. The number of ether oxygens (including phenoxy) is 2. The summed E-state index contributed by atoms with van der Waals surface area (Å²) in [5, 5.41) is 3.00. The van der Waals surface area contributed by atoms with Crippen LogP contribution in [0.1, 0.15) is 36.6 Å². The van der Waals surface area contributed by atoms with E-state index in [1.165, 1.54) is 11.3 Å². The van der Waals surface area contributed by atoms with Gasteiger partial charge in [0.25, 0.3) is 11.5 Å². The van der Waals surface area contributed by atoms with Crippen LogP contribution < -0.4 is 29.7 Å². The van der Waals surface area contributed by atoms with Crippen LogP contribution in [-0.2, 0) is 11.4 Å². The van der Waals surface area contributed by atoms with Crippen LogP contribution in [0.4, 0.5) is 5.69 Å². The third-order valence-corrected chi connectivity index (χ3v) is 10.4. The Bertz CT molecular complexity index is 2160. The molecule has 1 atom stereocenters. The van der Waals surface area contributed by atoms with E-state index in [1.807, 2.05) is 111 Å². The number of hydrogen-bond acceptors (Lipinski definition) is 6. The molecule has 0 saturated heterocycles. The van der Waals surface area contributed by atoms with E-state index in [0.29, 0.717) is 51.0 Å². The highest BCUT2D eigenvalue weighted by Gasteiger charge is 2.32. The van der Waals surface area contributed by atoms with Crippen LogP contribution in [0, 0.1) is 7.14 Å². The molecular weight excluding hydrogens is 904 g/mol. The monoisotopic (exact) mass is 931 g/mol. The van der Waals surface area contributed by atoms with Crippen molar-refractivity contribution in [2.45, 2.75) is 26.5 Å². The molecule has 11 heteroatoms. The van der Waals surface area contributed by atoms with Gasteiger partial charge in [0.1, 0.15) is 18.1 Å². The number of para-hydroxylation sites is 1. The van der Waals surface area contributed by atoms with Gasteiger partial charge in [0.05, 0.1) is 32.0 Å². The minimum atomic E-state index is -0.697. The number of hydrogen-bond donors (Lipinski definition) is 1. The van der Waals surface area contributed by atoms with Crippen molar-refractivity contribution < 1.29 is 14.3 Å². The van der Waals surface area contributed by atoms with Crippen LogP contribution >= 0.6 is 72.4 Å². The molecule has 1 aliphatic rings. The number of thiazole rings is 1. The van der Waals surface area contributed by atoms with Crippen LogP contribution in [0.15, 0.2) is 117 Å². The van der Waals surface area contributed by atoms with Crippen LogP contribution in [0.25, 0.3) is 6.08 Å². The van der Waals surface area contributed by atoms with Gasteiger partial charge in [-0.05, 0) is 125 Å². The smallest absolute Gasteiger partial charge is 0.271 e. The fourth-order valence-electron chi connectivity index (χ4n) is 5.28. The minimum Gasteiger partial charge on any atom is -0.494 e. The maximum Gasteiger partial charge on any atom is 0.271 e. The number of halogens is 3. The lowest BCUT2D eigenvalue weighted by Gasteiger charge is -2.25. The molecule has 0 spiro atoms. The van der Waals surface area contributed by atoms with Gasteiger partial charge < -0.3 is 14.8 Å². The van der Waals surface area contributed by atoms with Gasteiger partial charge in [0, 0.05) is 19.3 Å². The first kappa shape index (κ1) is 33.6. The Balaban J connectivity index is 1.45. The summed E-state index contributed by atoms with van der Waals surface area (Å²) in [4.78, 5) is 33.5. The first-order valence-electron chi connectivity index (χ1n) is 14.7. The molecule has 6 rings (SSSR count). The highest BCUT2D eigenvalue weighted by Crippen LogP contribution is 2.33. The van der Waals surface area contributed by atoms with E-state index in [9.17, 15) is 9.59 Å². The van der Waals surface area contributed by atoms with E-state index >= 15 is 0 Å². The van der Waals surface area contributed by atoms with Crippen molar-refractivity contribution in [3.63, 3.8) is 0 Å². The average molecular weight is 932 g/mol. The third-order valence-electron chi connectivity index (χ3n) is 7.42. The molecule has 47 heavy (non-hydrogen) atoms.